The molecule has 0 radical (unpaired) electrons. The van der Waals surface area contributed by atoms with Crippen molar-refractivity contribution in [3.63, 3.8) is 0 Å². The van der Waals surface area contributed by atoms with Crippen LogP contribution in [0, 0.1) is 5.41 Å². The molecule has 1 atom stereocenters. The zero-order valence-corrected chi connectivity index (χ0v) is 10.7. The van der Waals surface area contributed by atoms with Crippen LogP contribution in [0.25, 0.3) is 0 Å². The number of rotatable bonds is 8. The lowest BCUT2D eigenvalue weighted by Crippen LogP contribution is -2.14. The topological polar surface area (TPSA) is 0 Å². The Bertz CT molecular complexity index is 131. The average Bonchev–Trinajstić information content (AvgIpc) is 2.17. The molecule has 0 aliphatic rings. The molecule has 0 aliphatic heterocycles. The first-order valence-corrected chi connectivity index (χ1v) is 6.50. The van der Waals surface area contributed by atoms with Gasteiger partial charge in [0.15, 0.2) is 0 Å². The van der Waals surface area contributed by atoms with Crippen LogP contribution < -0.4 is 0 Å². The molecule has 0 N–H and O–H groups in total. The second-order valence-corrected chi connectivity index (χ2v) is 4.72. The molecule has 0 saturated carbocycles. The molecule has 0 saturated heterocycles. The Morgan fingerprint density at radius 3 is 2.31 bits per heavy atom. The molecule has 0 heterocycles. The van der Waals surface area contributed by atoms with Gasteiger partial charge in [-0.2, -0.15) is 0 Å². The standard InChI is InChI=1S/C12H23Br/c1-4-6-7-8-9-10-12(3,5-2)11-13/h5H,2,4,6-11H2,1,3H3. The molecule has 0 fully saturated rings. The molecule has 0 nitrogen and oxygen atoms in total. The average molecular weight is 247 g/mol. The summed E-state index contributed by atoms with van der Waals surface area (Å²) in [5.41, 5.74) is 0.312. The maximum absolute atomic E-state index is 3.89. The largest absolute Gasteiger partial charge is 0.103 e. The van der Waals surface area contributed by atoms with E-state index in [1.165, 1.54) is 38.5 Å². The molecular weight excluding hydrogens is 224 g/mol. The van der Waals surface area contributed by atoms with Gasteiger partial charge in [0.25, 0.3) is 0 Å². The van der Waals surface area contributed by atoms with Crippen molar-refractivity contribution in [3.05, 3.63) is 12.7 Å². The van der Waals surface area contributed by atoms with Gasteiger partial charge in [-0.1, -0.05) is 68.0 Å². The zero-order chi connectivity index (χ0) is 10.2. The highest BCUT2D eigenvalue weighted by Crippen LogP contribution is 2.28. The molecule has 0 amide bonds. The minimum absolute atomic E-state index is 0.312. The van der Waals surface area contributed by atoms with E-state index in [4.69, 9.17) is 0 Å². The van der Waals surface area contributed by atoms with Crippen LogP contribution in [-0.2, 0) is 0 Å². The van der Waals surface area contributed by atoms with Crippen LogP contribution in [-0.4, -0.2) is 5.33 Å². The number of allylic oxidation sites excluding steroid dienone is 1. The Hall–Kier alpha value is 0.220. The summed E-state index contributed by atoms with van der Waals surface area (Å²) in [5.74, 6) is 0. The van der Waals surface area contributed by atoms with Gasteiger partial charge in [-0.15, -0.1) is 6.58 Å². The molecule has 0 rings (SSSR count). The molecule has 0 aliphatic carbocycles. The Labute approximate surface area is 91.9 Å². The third kappa shape index (κ3) is 6.31. The van der Waals surface area contributed by atoms with Crippen LogP contribution in [0.1, 0.15) is 52.4 Å². The lowest BCUT2D eigenvalue weighted by atomic mass is 9.87. The van der Waals surface area contributed by atoms with Crippen molar-refractivity contribution in [3.8, 4) is 0 Å². The third-order valence-electron chi connectivity index (χ3n) is 2.65. The van der Waals surface area contributed by atoms with E-state index in [9.17, 15) is 0 Å². The highest BCUT2D eigenvalue weighted by molar-refractivity contribution is 9.09. The highest BCUT2D eigenvalue weighted by Gasteiger charge is 2.17. The minimum atomic E-state index is 0.312. The number of alkyl halides is 1. The SMILES string of the molecule is C=CC(C)(CBr)CCCCCCC. The smallest absolute Gasteiger partial charge is 0.0120 e. The number of halogens is 1. The summed E-state index contributed by atoms with van der Waals surface area (Å²) in [5, 5.41) is 1.04. The van der Waals surface area contributed by atoms with Crippen molar-refractivity contribution in [1.82, 2.24) is 0 Å². The van der Waals surface area contributed by atoms with Crippen LogP contribution in [0.15, 0.2) is 12.7 Å². The maximum Gasteiger partial charge on any atom is 0.0120 e. The monoisotopic (exact) mass is 246 g/mol. The van der Waals surface area contributed by atoms with Gasteiger partial charge in [0.2, 0.25) is 0 Å². The van der Waals surface area contributed by atoms with Crippen molar-refractivity contribution in [2.75, 3.05) is 5.33 Å². The predicted molar refractivity (Wildman–Crippen MR) is 65.5 cm³/mol. The van der Waals surface area contributed by atoms with E-state index in [-0.39, 0.29) is 0 Å². The first-order valence-electron chi connectivity index (χ1n) is 5.38. The van der Waals surface area contributed by atoms with E-state index in [0.717, 1.165) is 5.33 Å². The Morgan fingerprint density at radius 2 is 1.85 bits per heavy atom. The second-order valence-electron chi connectivity index (χ2n) is 4.16. The van der Waals surface area contributed by atoms with E-state index in [1.54, 1.807) is 0 Å². The van der Waals surface area contributed by atoms with E-state index in [2.05, 4.69) is 42.4 Å². The quantitative estimate of drug-likeness (QED) is 0.324. The van der Waals surface area contributed by atoms with Crippen molar-refractivity contribution < 1.29 is 0 Å². The summed E-state index contributed by atoms with van der Waals surface area (Å²) in [7, 11) is 0. The Kier molecular flexibility index (Phi) is 7.74. The van der Waals surface area contributed by atoms with E-state index < -0.39 is 0 Å². The molecule has 0 aromatic heterocycles. The summed E-state index contributed by atoms with van der Waals surface area (Å²) in [6.45, 7) is 8.42. The van der Waals surface area contributed by atoms with Gasteiger partial charge in [0.1, 0.15) is 0 Å². The van der Waals surface area contributed by atoms with Gasteiger partial charge in [-0.3, -0.25) is 0 Å². The Balaban J connectivity index is 3.44. The molecule has 0 bridgehead atoms. The van der Waals surface area contributed by atoms with Gasteiger partial charge in [-0.05, 0) is 11.8 Å². The summed E-state index contributed by atoms with van der Waals surface area (Å²) in [4.78, 5) is 0. The highest BCUT2D eigenvalue weighted by atomic mass is 79.9. The number of unbranched alkanes of at least 4 members (excludes halogenated alkanes) is 4. The summed E-state index contributed by atoms with van der Waals surface area (Å²) >= 11 is 3.54. The van der Waals surface area contributed by atoms with Crippen molar-refractivity contribution >= 4 is 15.9 Å². The Morgan fingerprint density at radius 1 is 1.23 bits per heavy atom. The van der Waals surface area contributed by atoms with Gasteiger partial charge in [0, 0.05) is 5.33 Å². The summed E-state index contributed by atoms with van der Waals surface area (Å²) in [6.07, 6.45) is 10.2. The van der Waals surface area contributed by atoms with Crippen molar-refractivity contribution in [1.29, 1.82) is 0 Å². The van der Waals surface area contributed by atoms with Crippen LogP contribution in [0.2, 0.25) is 0 Å². The lowest BCUT2D eigenvalue weighted by molar-refractivity contribution is 0.420. The molecule has 1 unspecified atom stereocenters. The first-order chi connectivity index (χ1) is 6.18. The van der Waals surface area contributed by atoms with Crippen molar-refractivity contribution in [2.45, 2.75) is 52.4 Å². The minimum Gasteiger partial charge on any atom is -0.103 e. The predicted octanol–water partition coefficient (Wildman–Crippen LogP) is 4.93. The lowest BCUT2D eigenvalue weighted by Gasteiger charge is -2.22. The van der Waals surface area contributed by atoms with E-state index in [1.807, 2.05) is 0 Å². The van der Waals surface area contributed by atoms with Crippen LogP contribution in [0.4, 0.5) is 0 Å². The third-order valence-corrected chi connectivity index (χ3v) is 3.93. The van der Waals surface area contributed by atoms with Crippen LogP contribution >= 0.6 is 15.9 Å². The van der Waals surface area contributed by atoms with Crippen LogP contribution in [0.3, 0.4) is 0 Å². The molecule has 0 aromatic rings. The second kappa shape index (κ2) is 7.61. The van der Waals surface area contributed by atoms with E-state index in [0.29, 0.717) is 5.41 Å². The molecule has 0 aromatic carbocycles. The number of hydrogen-bond donors (Lipinski definition) is 0. The number of hydrogen-bond acceptors (Lipinski definition) is 0. The van der Waals surface area contributed by atoms with Crippen molar-refractivity contribution in [2.24, 2.45) is 5.41 Å². The molecule has 13 heavy (non-hydrogen) atoms. The summed E-state index contributed by atoms with van der Waals surface area (Å²) in [6, 6.07) is 0. The van der Waals surface area contributed by atoms with Crippen LogP contribution in [0.5, 0.6) is 0 Å². The molecule has 0 spiro atoms. The fourth-order valence-electron chi connectivity index (χ4n) is 1.36. The summed E-state index contributed by atoms with van der Waals surface area (Å²) < 4.78 is 0. The molecule has 1 heteroatoms. The molecule has 78 valence electrons. The molecular formula is C12H23Br. The van der Waals surface area contributed by atoms with E-state index >= 15 is 0 Å². The van der Waals surface area contributed by atoms with Gasteiger partial charge in [-0.25, -0.2) is 0 Å². The fourth-order valence-corrected chi connectivity index (χ4v) is 1.87. The van der Waals surface area contributed by atoms with Gasteiger partial charge >= 0.3 is 0 Å². The van der Waals surface area contributed by atoms with Gasteiger partial charge in [0.05, 0.1) is 0 Å². The zero-order valence-electron chi connectivity index (χ0n) is 9.11. The normalized spacial score (nSPS) is 15.3. The fraction of sp³-hybridized carbons (Fsp3) is 0.833. The first kappa shape index (κ1) is 13.2. The maximum atomic E-state index is 3.89. The van der Waals surface area contributed by atoms with Gasteiger partial charge < -0.3 is 0 Å².